The molecule has 0 spiro atoms. The quantitative estimate of drug-likeness (QED) is 0.822. The van der Waals surface area contributed by atoms with Crippen LogP contribution < -0.4 is 0 Å². The summed E-state index contributed by atoms with van der Waals surface area (Å²) in [5.41, 5.74) is 1.19. The monoisotopic (exact) mass is 375 g/mol. The molecule has 3 atom stereocenters. The van der Waals surface area contributed by atoms with E-state index in [2.05, 4.69) is 58.7 Å². The molecular formula is C14H18INO3. The minimum Gasteiger partial charge on any atom is -0.481 e. The zero-order chi connectivity index (χ0) is 14.0. The van der Waals surface area contributed by atoms with E-state index in [4.69, 9.17) is 4.74 Å². The molecule has 1 fully saturated rings. The molecule has 19 heavy (non-hydrogen) atoms. The Bertz CT molecular complexity index is 449. The van der Waals surface area contributed by atoms with Crippen molar-refractivity contribution >= 4 is 28.6 Å². The number of carbonyl (C=O) groups is 1. The number of aliphatic carboxylic acids is 1. The van der Waals surface area contributed by atoms with Crippen molar-refractivity contribution in [2.24, 2.45) is 5.92 Å². The minimum absolute atomic E-state index is 0.0632. The summed E-state index contributed by atoms with van der Waals surface area (Å²) in [6.45, 7) is 2.89. The third kappa shape index (κ3) is 3.27. The molecule has 0 aromatic heterocycles. The molecule has 1 aromatic rings. The Morgan fingerprint density at radius 2 is 2.05 bits per heavy atom. The lowest BCUT2D eigenvalue weighted by Gasteiger charge is -2.32. The summed E-state index contributed by atoms with van der Waals surface area (Å²) in [5, 5.41) is 9.21. The number of ether oxygens (including phenoxy) is 1. The fourth-order valence-corrected chi connectivity index (χ4v) is 2.80. The third-order valence-electron chi connectivity index (χ3n) is 3.85. The Labute approximate surface area is 126 Å². The molecule has 4 nitrogen and oxygen atoms in total. The van der Waals surface area contributed by atoms with Crippen LogP contribution in [0, 0.1) is 9.49 Å². The van der Waals surface area contributed by atoms with Crippen LogP contribution >= 0.6 is 22.6 Å². The maximum atomic E-state index is 11.2. The first-order valence-corrected chi connectivity index (χ1v) is 7.36. The molecule has 0 aliphatic carbocycles. The first kappa shape index (κ1) is 14.7. The number of halogens is 1. The number of carboxylic acid groups (broad SMARTS) is 1. The molecule has 5 heteroatoms. The van der Waals surface area contributed by atoms with Crippen molar-refractivity contribution < 1.29 is 14.6 Å². The van der Waals surface area contributed by atoms with Crippen LogP contribution in [0.3, 0.4) is 0 Å². The van der Waals surface area contributed by atoms with Crippen molar-refractivity contribution in [1.29, 1.82) is 0 Å². The van der Waals surface area contributed by atoms with Gasteiger partial charge in [-0.3, -0.25) is 9.69 Å². The Morgan fingerprint density at radius 3 is 2.63 bits per heavy atom. The second-order valence-corrected chi connectivity index (χ2v) is 6.19. The van der Waals surface area contributed by atoms with Gasteiger partial charge < -0.3 is 9.84 Å². The van der Waals surface area contributed by atoms with Gasteiger partial charge in [0.05, 0.1) is 19.1 Å². The lowest BCUT2D eigenvalue weighted by Crippen LogP contribution is -2.42. The number of benzene rings is 1. The summed E-state index contributed by atoms with van der Waals surface area (Å²) >= 11 is 2.28. The standard InChI is InChI=1S/C14H18INO3/c1-9(10-3-5-11(15)6-4-10)16(2)13-8-19-7-12(13)14(17)18/h3-6,9,12-13H,7-8H2,1-2H3,(H,17,18). The molecule has 1 N–H and O–H groups in total. The highest BCUT2D eigenvalue weighted by Crippen LogP contribution is 2.27. The molecule has 1 aliphatic rings. The number of carboxylic acids is 1. The molecule has 104 valence electrons. The lowest BCUT2D eigenvalue weighted by atomic mass is 9.99. The molecule has 1 saturated heterocycles. The van der Waals surface area contributed by atoms with Crippen LogP contribution in [-0.2, 0) is 9.53 Å². The van der Waals surface area contributed by atoms with Crippen LogP contribution in [0.1, 0.15) is 18.5 Å². The molecule has 1 aromatic carbocycles. The highest BCUT2D eigenvalue weighted by Gasteiger charge is 2.38. The van der Waals surface area contributed by atoms with Gasteiger partial charge >= 0.3 is 5.97 Å². The van der Waals surface area contributed by atoms with E-state index in [1.54, 1.807) is 0 Å². The van der Waals surface area contributed by atoms with E-state index in [1.807, 2.05) is 7.05 Å². The third-order valence-corrected chi connectivity index (χ3v) is 4.57. The number of nitrogens with zero attached hydrogens (tertiary/aromatic N) is 1. The number of hydrogen-bond donors (Lipinski definition) is 1. The molecule has 0 radical (unpaired) electrons. The first-order chi connectivity index (χ1) is 9.00. The Kier molecular flexibility index (Phi) is 4.81. The summed E-state index contributed by atoms with van der Waals surface area (Å²) in [5.74, 6) is -1.21. The van der Waals surface area contributed by atoms with Gasteiger partial charge in [0.25, 0.3) is 0 Å². The summed E-state index contributed by atoms with van der Waals surface area (Å²) in [4.78, 5) is 13.3. The van der Waals surface area contributed by atoms with Gasteiger partial charge in [-0.2, -0.15) is 0 Å². The number of likely N-dealkylation sites (N-methyl/N-ethyl adjacent to an activating group) is 1. The van der Waals surface area contributed by atoms with Crippen LogP contribution in [0.4, 0.5) is 0 Å². The zero-order valence-corrected chi connectivity index (χ0v) is 13.2. The molecule has 1 aliphatic heterocycles. The predicted molar refractivity (Wildman–Crippen MR) is 81.1 cm³/mol. The molecular weight excluding hydrogens is 357 g/mol. The Balaban J connectivity index is 2.12. The van der Waals surface area contributed by atoms with Crippen molar-refractivity contribution in [2.45, 2.75) is 19.0 Å². The van der Waals surface area contributed by atoms with E-state index in [9.17, 15) is 9.90 Å². The van der Waals surface area contributed by atoms with Crippen LogP contribution in [0.15, 0.2) is 24.3 Å². The molecule has 0 bridgehead atoms. The minimum atomic E-state index is -0.774. The Morgan fingerprint density at radius 1 is 1.42 bits per heavy atom. The fourth-order valence-electron chi connectivity index (χ4n) is 2.44. The van der Waals surface area contributed by atoms with E-state index in [0.29, 0.717) is 13.2 Å². The van der Waals surface area contributed by atoms with Crippen LogP contribution in [0.5, 0.6) is 0 Å². The van der Waals surface area contributed by atoms with Gasteiger partial charge in [-0.1, -0.05) is 12.1 Å². The topological polar surface area (TPSA) is 49.8 Å². The van der Waals surface area contributed by atoms with Gasteiger partial charge in [-0.05, 0) is 54.3 Å². The summed E-state index contributed by atoms with van der Waals surface area (Å²) in [6.07, 6.45) is 0. The summed E-state index contributed by atoms with van der Waals surface area (Å²) in [7, 11) is 1.97. The number of hydrogen-bond acceptors (Lipinski definition) is 3. The molecule has 0 amide bonds. The SMILES string of the molecule is CC(c1ccc(I)cc1)N(C)C1COCC1C(=O)O. The van der Waals surface area contributed by atoms with E-state index in [1.165, 1.54) is 9.13 Å². The molecule has 1 heterocycles. The predicted octanol–water partition coefficient (Wildman–Crippen LogP) is 2.38. The van der Waals surface area contributed by atoms with Gasteiger partial charge in [-0.15, -0.1) is 0 Å². The second kappa shape index (κ2) is 6.19. The van der Waals surface area contributed by atoms with E-state index >= 15 is 0 Å². The van der Waals surface area contributed by atoms with Gasteiger partial charge in [0.2, 0.25) is 0 Å². The van der Waals surface area contributed by atoms with Crippen LogP contribution in [-0.4, -0.2) is 42.3 Å². The lowest BCUT2D eigenvalue weighted by molar-refractivity contribution is -0.143. The average molecular weight is 375 g/mol. The van der Waals surface area contributed by atoms with Crippen molar-refractivity contribution in [3.63, 3.8) is 0 Å². The van der Waals surface area contributed by atoms with E-state index in [-0.39, 0.29) is 12.1 Å². The van der Waals surface area contributed by atoms with Crippen molar-refractivity contribution in [3.05, 3.63) is 33.4 Å². The fraction of sp³-hybridized carbons (Fsp3) is 0.500. The van der Waals surface area contributed by atoms with Crippen molar-refractivity contribution in [2.75, 3.05) is 20.3 Å². The molecule has 3 unspecified atom stereocenters. The first-order valence-electron chi connectivity index (χ1n) is 6.28. The van der Waals surface area contributed by atoms with Gasteiger partial charge in [0.1, 0.15) is 0 Å². The molecule has 2 rings (SSSR count). The smallest absolute Gasteiger partial charge is 0.310 e. The van der Waals surface area contributed by atoms with E-state index < -0.39 is 11.9 Å². The van der Waals surface area contributed by atoms with Crippen molar-refractivity contribution in [3.8, 4) is 0 Å². The summed E-state index contributed by atoms with van der Waals surface area (Å²) < 4.78 is 6.53. The average Bonchev–Trinajstić information content (AvgIpc) is 2.87. The van der Waals surface area contributed by atoms with Gasteiger partial charge in [-0.25, -0.2) is 0 Å². The highest BCUT2D eigenvalue weighted by atomic mass is 127. The molecule has 0 saturated carbocycles. The van der Waals surface area contributed by atoms with Gasteiger partial charge in [0.15, 0.2) is 0 Å². The zero-order valence-electron chi connectivity index (χ0n) is 11.0. The Hall–Kier alpha value is -0.660. The van der Waals surface area contributed by atoms with Crippen molar-refractivity contribution in [1.82, 2.24) is 4.90 Å². The maximum Gasteiger partial charge on any atom is 0.310 e. The van der Waals surface area contributed by atoms with Crippen LogP contribution in [0.2, 0.25) is 0 Å². The van der Waals surface area contributed by atoms with Gasteiger partial charge in [0, 0.05) is 15.7 Å². The second-order valence-electron chi connectivity index (χ2n) is 4.94. The normalized spacial score (nSPS) is 24.6. The largest absolute Gasteiger partial charge is 0.481 e. The summed E-state index contributed by atoms with van der Waals surface area (Å²) in [6, 6.07) is 8.43. The maximum absolute atomic E-state index is 11.2. The van der Waals surface area contributed by atoms with E-state index in [0.717, 1.165) is 0 Å². The highest BCUT2D eigenvalue weighted by molar-refractivity contribution is 14.1. The van der Waals surface area contributed by atoms with Crippen LogP contribution in [0.25, 0.3) is 0 Å². The number of rotatable bonds is 4.